The van der Waals surface area contributed by atoms with Crippen LogP contribution in [0.3, 0.4) is 0 Å². The van der Waals surface area contributed by atoms with E-state index in [0.717, 1.165) is 39.0 Å². The molecule has 0 aliphatic carbocycles. The first-order chi connectivity index (χ1) is 13.8. The molecular weight excluding hydrogens is 348 g/mol. The minimum atomic E-state index is -0.386. The quantitative estimate of drug-likeness (QED) is 0.807. The van der Waals surface area contributed by atoms with E-state index in [1.807, 2.05) is 0 Å². The van der Waals surface area contributed by atoms with E-state index in [4.69, 9.17) is 4.74 Å². The Hall–Kier alpha value is -1.72. The molecule has 2 aromatic rings. The molecule has 2 heterocycles. The summed E-state index contributed by atoms with van der Waals surface area (Å²) in [6, 6.07) is 19.5. The first-order valence-corrected chi connectivity index (χ1v) is 10.5. The lowest BCUT2D eigenvalue weighted by Crippen LogP contribution is -2.46. The fraction of sp³-hybridized carbons (Fsp3) is 0.500. The van der Waals surface area contributed by atoms with Gasteiger partial charge in [0.1, 0.15) is 6.23 Å². The second-order valence-electron chi connectivity index (χ2n) is 8.24. The smallest absolute Gasteiger partial charge is 0.112 e. The molecule has 2 saturated heterocycles. The van der Waals surface area contributed by atoms with Crippen molar-refractivity contribution in [3.05, 3.63) is 71.3 Å². The van der Waals surface area contributed by atoms with Crippen LogP contribution < -0.4 is 5.32 Å². The normalized spacial score (nSPS) is 25.1. The number of likely N-dealkylation sites (tertiary alicyclic amines) is 1. The van der Waals surface area contributed by atoms with Crippen LogP contribution in [-0.2, 0) is 11.3 Å². The van der Waals surface area contributed by atoms with Crippen LogP contribution in [0.2, 0.25) is 0 Å². The number of methoxy groups -OCH3 is 1. The van der Waals surface area contributed by atoms with Gasteiger partial charge in [-0.1, -0.05) is 54.6 Å². The first kappa shape index (κ1) is 19.6. The molecule has 2 N–H and O–H groups in total. The van der Waals surface area contributed by atoms with Gasteiger partial charge >= 0.3 is 0 Å². The highest BCUT2D eigenvalue weighted by Gasteiger charge is 2.37. The minimum absolute atomic E-state index is 0.228. The Kier molecular flexibility index (Phi) is 6.43. The van der Waals surface area contributed by atoms with E-state index in [9.17, 15) is 5.11 Å². The summed E-state index contributed by atoms with van der Waals surface area (Å²) in [7, 11) is 1.73. The van der Waals surface area contributed by atoms with Crippen molar-refractivity contribution in [2.45, 2.75) is 37.5 Å². The highest BCUT2D eigenvalue weighted by Crippen LogP contribution is 2.35. The van der Waals surface area contributed by atoms with Gasteiger partial charge in [-0.05, 0) is 35.4 Å². The summed E-state index contributed by atoms with van der Waals surface area (Å²) in [6.45, 7) is 4.37. The van der Waals surface area contributed by atoms with E-state index < -0.39 is 0 Å². The Morgan fingerprint density at radius 1 is 1.04 bits per heavy atom. The molecule has 4 rings (SSSR count). The lowest BCUT2D eigenvalue weighted by Gasteiger charge is -2.39. The zero-order valence-corrected chi connectivity index (χ0v) is 16.8. The molecule has 2 aliphatic rings. The van der Waals surface area contributed by atoms with Crippen molar-refractivity contribution < 1.29 is 9.84 Å². The number of rotatable bonds is 6. The predicted molar refractivity (Wildman–Crippen MR) is 112 cm³/mol. The molecule has 2 aromatic carbocycles. The van der Waals surface area contributed by atoms with Crippen LogP contribution in [0, 0.1) is 5.92 Å². The van der Waals surface area contributed by atoms with Gasteiger partial charge < -0.3 is 15.2 Å². The summed E-state index contributed by atoms with van der Waals surface area (Å²) in [6.07, 6.45) is 1.85. The standard InChI is InChI=1S/C24H32N2O2/c1-28-17-18-6-5-9-21(14-18)22-15-25-16-23(22)24(27)26-12-10-20(11-13-26)19-7-3-2-4-8-19/h2-9,14,20,22-25,27H,10-13,15-17H2,1H3/t22-,23+,24?/m0/s1. The number of ether oxygens (including phenoxy) is 1. The maximum Gasteiger partial charge on any atom is 0.112 e. The first-order valence-electron chi connectivity index (χ1n) is 10.5. The number of piperidine rings is 1. The molecule has 150 valence electrons. The van der Waals surface area contributed by atoms with Crippen LogP contribution in [0.1, 0.15) is 41.4 Å². The van der Waals surface area contributed by atoms with E-state index in [1.165, 1.54) is 16.7 Å². The molecule has 1 unspecified atom stereocenters. The van der Waals surface area contributed by atoms with Crippen LogP contribution in [0.4, 0.5) is 0 Å². The largest absolute Gasteiger partial charge is 0.380 e. The number of aliphatic hydroxyl groups excluding tert-OH is 1. The molecule has 2 aliphatic heterocycles. The summed E-state index contributed by atoms with van der Waals surface area (Å²) in [5.41, 5.74) is 3.94. The maximum atomic E-state index is 11.2. The minimum Gasteiger partial charge on any atom is -0.380 e. The van der Waals surface area contributed by atoms with E-state index in [0.29, 0.717) is 18.4 Å². The summed E-state index contributed by atoms with van der Waals surface area (Å²) in [5, 5.41) is 14.7. The second kappa shape index (κ2) is 9.19. The van der Waals surface area contributed by atoms with Gasteiger partial charge in [-0.15, -0.1) is 0 Å². The average Bonchev–Trinajstić information content (AvgIpc) is 3.24. The lowest BCUT2D eigenvalue weighted by atomic mass is 9.85. The molecule has 0 radical (unpaired) electrons. The van der Waals surface area contributed by atoms with Crippen molar-refractivity contribution in [2.75, 3.05) is 33.3 Å². The Labute approximate surface area is 168 Å². The highest BCUT2D eigenvalue weighted by atomic mass is 16.5. The van der Waals surface area contributed by atoms with Crippen LogP contribution in [0.5, 0.6) is 0 Å². The van der Waals surface area contributed by atoms with Crippen molar-refractivity contribution in [1.82, 2.24) is 10.2 Å². The third-order valence-electron chi connectivity index (χ3n) is 6.51. The number of aliphatic hydroxyl groups is 1. The van der Waals surface area contributed by atoms with Crippen molar-refractivity contribution in [2.24, 2.45) is 5.92 Å². The number of hydrogen-bond donors (Lipinski definition) is 2. The van der Waals surface area contributed by atoms with E-state index in [-0.39, 0.29) is 12.1 Å². The fourth-order valence-electron chi connectivity index (χ4n) is 4.95. The highest BCUT2D eigenvalue weighted by molar-refractivity contribution is 5.28. The molecule has 0 saturated carbocycles. The number of hydrogen-bond acceptors (Lipinski definition) is 4. The Balaban J connectivity index is 1.40. The van der Waals surface area contributed by atoms with Crippen LogP contribution in [0.25, 0.3) is 0 Å². The summed E-state index contributed by atoms with van der Waals surface area (Å²) in [4.78, 5) is 2.29. The van der Waals surface area contributed by atoms with Crippen molar-refractivity contribution in [3.8, 4) is 0 Å². The Morgan fingerprint density at radius 3 is 2.54 bits per heavy atom. The Bertz CT molecular complexity index is 743. The van der Waals surface area contributed by atoms with Gasteiger partial charge in [-0.3, -0.25) is 4.90 Å². The molecule has 3 atom stereocenters. The molecule has 0 aromatic heterocycles. The van der Waals surface area contributed by atoms with Gasteiger partial charge in [0.2, 0.25) is 0 Å². The SMILES string of the molecule is COCc1cccc([C@@H]2CNC[C@H]2C(O)N2CCC(c3ccccc3)CC2)c1. The molecule has 2 fully saturated rings. The van der Waals surface area contributed by atoms with Gasteiger partial charge in [0.05, 0.1) is 6.61 Å². The van der Waals surface area contributed by atoms with E-state index in [1.54, 1.807) is 7.11 Å². The molecule has 4 nitrogen and oxygen atoms in total. The maximum absolute atomic E-state index is 11.2. The third kappa shape index (κ3) is 4.31. The average molecular weight is 381 g/mol. The van der Waals surface area contributed by atoms with Crippen molar-refractivity contribution in [1.29, 1.82) is 0 Å². The van der Waals surface area contributed by atoms with E-state index in [2.05, 4.69) is 64.8 Å². The summed E-state index contributed by atoms with van der Waals surface area (Å²) in [5.74, 6) is 1.19. The summed E-state index contributed by atoms with van der Waals surface area (Å²) < 4.78 is 5.29. The molecule has 0 spiro atoms. The molecule has 0 amide bonds. The molecule has 4 heteroatoms. The zero-order valence-electron chi connectivity index (χ0n) is 16.8. The summed E-state index contributed by atoms with van der Waals surface area (Å²) >= 11 is 0. The Morgan fingerprint density at radius 2 is 1.79 bits per heavy atom. The van der Waals surface area contributed by atoms with Gasteiger partial charge in [0.25, 0.3) is 0 Å². The number of nitrogens with one attached hydrogen (secondary N) is 1. The molecule has 28 heavy (non-hydrogen) atoms. The monoisotopic (exact) mass is 380 g/mol. The second-order valence-corrected chi connectivity index (χ2v) is 8.24. The number of benzene rings is 2. The van der Waals surface area contributed by atoms with E-state index >= 15 is 0 Å². The predicted octanol–water partition coefficient (Wildman–Crippen LogP) is 3.33. The van der Waals surface area contributed by atoms with Crippen LogP contribution in [0.15, 0.2) is 54.6 Å². The van der Waals surface area contributed by atoms with Crippen LogP contribution in [-0.4, -0.2) is 49.5 Å². The van der Waals surface area contributed by atoms with Crippen molar-refractivity contribution in [3.63, 3.8) is 0 Å². The van der Waals surface area contributed by atoms with Gasteiger partial charge in [-0.25, -0.2) is 0 Å². The van der Waals surface area contributed by atoms with Gasteiger partial charge in [-0.2, -0.15) is 0 Å². The molecular formula is C24H32N2O2. The van der Waals surface area contributed by atoms with Crippen molar-refractivity contribution >= 4 is 0 Å². The fourth-order valence-corrected chi connectivity index (χ4v) is 4.95. The van der Waals surface area contributed by atoms with Gasteiger partial charge in [0, 0.05) is 45.1 Å². The third-order valence-corrected chi connectivity index (χ3v) is 6.51. The van der Waals surface area contributed by atoms with Crippen LogP contribution >= 0.6 is 0 Å². The zero-order chi connectivity index (χ0) is 19.3. The topological polar surface area (TPSA) is 44.7 Å². The molecule has 0 bridgehead atoms. The lowest BCUT2D eigenvalue weighted by molar-refractivity contribution is -0.0503. The number of nitrogens with zero attached hydrogens (tertiary/aromatic N) is 1. The van der Waals surface area contributed by atoms with Gasteiger partial charge in [0.15, 0.2) is 0 Å².